The first kappa shape index (κ1) is 57.3. The standard InChI is InChI=1S/C55H90O6/c1-4-7-10-13-16-19-21-22-23-24-25-26-27-28-29-30-31-32-34-36-39-42-45-48-54(57)60-51-52(50-59-53(56)47-44-41-38-35-18-15-12-9-6-3)61-55(58)49-46-43-40-37-33-20-17-14-11-8-5-2/h7,10,14,16-17,19,22-23,25-26,28-29,31-32,36,39,52H,4-6,8-9,11-13,15,18,20-21,24,27,30,33-35,37-38,40-51H2,1-3H3/b10-7-,17-14-,19-16-,23-22-,26-25-,29-28-,32-31-,39-36-. The molecule has 0 radical (unpaired) electrons. The number of ether oxygens (including phenoxy) is 3. The normalized spacial score (nSPS) is 12.9. The quantitative estimate of drug-likeness (QED) is 0.0263. The molecule has 0 saturated carbocycles. The third-order valence-electron chi connectivity index (χ3n) is 10.1. The SMILES string of the molecule is CC/C=C\C/C=C\C/C=C\C/C=C\C/C=C\C/C=C\C/C=C\CCCC(=O)OCC(COC(=O)CCCCCCCCCCC)OC(=O)CCCCCCC/C=C\CCCC. The Morgan fingerprint density at radius 3 is 1.13 bits per heavy atom. The van der Waals surface area contributed by atoms with E-state index in [1.165, 1.54) is 64.2 Å². The van der Waals surface area contributed by atoms with Gasteiger partial charge in [0.15, 0.2) is 6.10 Å². The van der Waals surface area contributed by atoms with Crippen molar-refractivity contribution in [2.75, 3.05) is 13.2 Å². The summed E-state index contributed by atoms with van der Waals surface area (Å²) in [6.07, 6.45) is 64.0. The average Bonchev–Trinajstić information content (AvgIpc) is 3.26. The molecule has 346 valence electrons. The van der Waals surface area contributed by atoms with Crippen LogP contribution in [0.4, 0.5) is 0 Å². The van der Waals surface area contributed by atoms with Crippen molar-refractivity contribution in [1.82, 2.24) is 0 Å². The van der Waals surface area contributed by atoms with Gasteiger partial charge in [-0.05, 0) is 89.9 Å². The van der Waals surface area contributed by atoms with Crippen LogP contribution in [0, 0.1) is 0 Å². The Labute approximate surface area is 375 Å². The highest BCUT2D eigenvalue weighted by molar-refractivity contribution is 5.71. The number of hydrogen-bond donors (Lipinski definition) is 0. The first-order chi connectivity index (χ1) is 30.0. The van der Waals surface area contributed by atoms with Gasteiger partial charge in [0.25, 0.3) is 0 Å². The molecule has 6 heteroatoms. The molecular weight excluding hydrogens is 757 g/mol. The van der Waals surface area contributed by atoms with Crippen LogP contribution in [0.15, 0.2) is 97.2 Å². The van der Waals surface area contributed by atoms with Gasteiger partial charge in [-0.25, -0.2) is 0 Å². The highest BCUT2D eigenvalue weighted by Crippen LogP contribution is 2.13. The highest BCUT2D eigenvalue weighted by Gasteiger charge is 2.19. The number of carbonyl (C=O) groups is 3. The van der Waals surface area contributed by atoms with Crippen molar-refractivity contribution >= 4 is 17.9 Å². The second-order valence-electron chi connectivity index (χ2n) is 16.0. The van der Waals surface area contributed by atoms with E-state index in [4.69, 9.17) is 14.2 Å². The van der Waals surface area contributed by atoms with Crippen LogP contribution in [0.3, 0.4) is 0 Å². The van der Waals surface area contributed by atoms with Crippen molar-refractivity contribution in [2.45, 2.75) is 219 Å². The summed E-state index contributed by atoms with van der Waals surface area (Å²) in [4.78, 5) is 37.7. The lowest BCUT2D eigenvalue weighted by Gasteiger charge is -2.18. The van der Waals surface area contributed by atoms with Gasteiger partial charge < -0.3 is 14.2 Å². The van der Waals surface area contributed by atoms with Gasteiger partial charge in [0.05, 0.1) is 0 Å². The summed E-state index contributed by atoms with van der Waals surface area (Å²) in [5, 5.41) is 0. The van der Waals surface area contributed by atoms with E-state index >= 15 is 0 Å². The fourth-order valence-electron chi connectivity index (χ4n) is 6.35. The minimum Gasteiger partial charge on any atom is -0.462 e. The lowest BCUT2D eigenvalue weighted by molar-refractivity contribution is -0.167. The maximum atomic E-state index is 12.7. The second-order valence-corrected chi connectivity index (χ2v) is 16.0. The molecule has 0 rings (SSSR count). The fraction of sp³-hybridized carbons (Fsp3) is 0.655. The third kappa shape index (κ3) is 47.2. The minimum atomic E-state index is -0.802. The molecule has 6 nitrogen and oxygen atoms in total. The summed E-state index contributed by atoms with van der Waals surface area (Å²) >= 11 is 0. The zero-order valence-corrected chi connectivity index (χ0v) is 39.4. The number of esters is 3. The molecule has 61 heavy (non-hydrogen) atoms. The van der Waals surface area contributed by atoms with Crippen LogP contribution < -0.4 is 0 Å². The van der Waals surface area contributed by atoms with Crippen molar-refractivity contribution < 1.29 is 28.6 Å². The molecular formula is C55H90O6. The maximum absolute atomic E-state index is 12.7. The fourth-order valence-corrected chi connectivity index (χ4v) is 6.35. The monoisotopic (exact) mass is 847 g/mol. The Kier molecular flexibility index (Phi) is 46.0. The summed E-state index contributed by atoms with van der Waals surface area (Å²) < 4.78 is 16.7. The van der Waals surface area contributed by atoms with Gasteiger partial charge in [-0.15, -0.1) is 0 Å². The molecule has 0 spiro atoms. The largest absolute Gasteiger partial charge is 0.462 e. The van der Waals surface area contributed by atoms with E-state index in [0.29, 0.717) is 19.3 Å². The first-order valence-corrected chi connectivity index (χ1v) is 24.7. The Morgan fingerprint density at radius 2 is 0.672 bits per heavy atom. The van der Waals surface area contributed by atoms with Crippen LogP contribution in [0.25, 0.3) is 0 Å². The van der Waals surface area contributed by atoms with E-state index in [0.717, 1.165) is 103 Å². The number of hydrogen-bond acceptors (Lipinski definition) is 6. The first-order valence-electron chi connectivity index (χ1n) is 24.7. The average molecular weight is 847 g/mol. The second kappa shape index (κ2) is 49.0. The zero-order valence-electron chi connectivity index (χ0n) is 39.4. The van der Waals surface area contributed by atoms with Crippen molar-refractivity contribution in [3.8, 4) is 0 Å². The van der Waals surface area contributed by atoms with E-state index in [-0.39, 0.29) is 37.5 Å². The van der Waals surface area contributed by atoms with Crippen molar-refractivity contribution in [1.29, 1.82) is 0 Å². The molecule has 0 aromatic carbocycles. The van der Waals surface area contributed by atoms with Crippen LogP contribution in [0.5, 0.6) is 0 Å². The van der Waals surface area contributed by atoms with Crippen LogP contribution in [0.1, 0.15) is 213 Å². The number of unbranched alkanes of at least 4 members (excludes halogenated alkanes) is 16. The Hall–Kier alpha value is -3.67. The third-order valence-corrected chi connectivity index (χ3v) is 10.1. The molecule has 0 aliphatic rings. The van der Waals surface area contributed by atoms with Gasteiger partial charge in [-0.2, -0.15) is 0 Å². The van der Waals surface area contributed by atoms with Gasteiger partial charge in [-0.1, -0.05) is 201 Å². The number of allylic oxidation sites excluding steroid dienone is 16. The number of carbonyl (C=O) groups excluding carboxylic acids is 3. The van der Waals surface area contributed by atoms with E-state index in [9.17, 15) is 14.4 Å². The summed E-state index contributed by atoms with van der Waals surface area (Å²) in [6, 6.07) is 0. The Balaban J connectivity index is 4.40. The van der Waals surface area contributed by atoms with E-state index in [2.05, 4.69) is 118 Å². The molecule has 0 bridgehead atoms. The molecule has 0 fully saturated rings. The van der Waals surface area contributed by atoms with Crippen molar-refractivity contribution in [3.63, 3.8) is 0 Å². The highest BCUT2D eigenvalue weighted by atomic mass is 16.6. The van der Waals surface area contributed by atoms with Gasteiger partial charge in [0.1, 0.15) is 13.2 Å². The minimum absolute atomic E-state index is 0.0988. The lowest BCUT2D eigenvalue weighted by atomic mass is 10.1. The van der Waals surface area contributed by atoms with Gasteiger partial charge in [0, 0.05) is 19.3 Å². The summed E-state index contributed by atoms with van der Waals surface area (Å²) in [7, 11) is 0. The predicted octanol–water partition coefficient (Wildman–Crippen LogP) is 16.2. The van der Waals surface area contributed by atoms with E-state index < -0.39 is 6.10 Å². The molecule has 1 atom stereocenters. The van der Waals surface area contributed by atoms with Gasteiger partial charge in [-0.3, -0.25) is 14.4 Å². The van der Waals surface area contributed by atoms with Crippen LogP contribution in [-0.2, 0) is 28.6 Å². The van der Waals surface area contributed by atoms with Gasteiger partial charge in [0.2, 0.25) is 0 Å². The van der Waals surface area contributed by atoms with Crippen LogP contribution in [0.2, 0.25) is 0 Å². The zero-order chi connectivity index (χ0) is 44.4. The molecule has 1 unspecified atom stereocenters. The topological polar surface area (TPSA) is 78.9 Å². The molecule has 0 aliphatic carbocycles. The van der Waals surface area contributed by atoms with Crippen LogP contribution in [-0.4, -0.2) is 37.2 Å². The van der Waals surface area contributed by atoms with Crippen LogP contribution >= 0.6 is 0 Å². The molecule has 0 saturated heterocycles. The smallest absolute Gasteiger partial charge is 0.306 e. The lowest BCUT2D eigenvalue weighted by Crippen LogP contribution is -2.30. The maximum Gasteiger partial charge on any atom is 0.306 e. The van der Waals surface area contributed by atoms with E-state index in [1.54, 1.807) is 0 Å². The number of rotatable bonds is 43. The predicted molar refractivity (Wildman–Crippen MR) is 260 cm³/mol. The van der Waals surface area contributed by atoms with Crippen molar-refractivity contribution in [3.05, 3.63) is 97.2 Å². The Bertz CT molecular complexity index is 1250. The molecule has 0 aromatic rings. The summed E-state index contributed by atoms with van der Waals surface area (Å²) in [6.45, 7) is 6.39. The molecule has 0 N–H and O–H groups in total. The Morgan fingerprint density at radius 1 is 0.344 bits per heavy atom. The van der Waals surface area contributed by atoms with E-state index in [1.807, 2.05) is 0 Å². The molecule has 0 amide bonds. The molecule has 0 heterocycles. The van der Waals surface area contributed by atoms with Crippen molar-refractivity contribution in [2.24, 2.45) is 0 Å². The summed E-state index contributed by atoms with van der Waals surface area (Å²) in [5.41, 5.74) is 0. The molecule has 0 aliphatic heterocycles. The summed E-state index contributed by atoms with van der Waals surface area (Å²) in [5.74, 6) is -0.981. The molecule has 0 aromatic heterocycles. The van der Waals surface area contributed by atoms with Gasteiger partial charge >= 0.3 is 17.9 Å².